The summed E-state index contributed by atoms with van der Waals surface area (Å²) in [4.78, 5) is 31.8. The molecule has 36 heavy (non-hydrogen) atoms. The predicted octanol–water partition coefficient (Wildman–Crippen LogP) is 2.16. The molecule has 2 aromatic carbocycles. The smallest absolute Gasteiger partial charge is 0.260 e. The molecular formula is C27H35N3O6. The van der Waals surface area contributed by atoms with Gasteiger partial charge in [-0.2, -0.15) is 0 Å². The molecule has 194 valence electrons. The molecular weight excluding hydrogens is 462 g/mol. The van der Waals surface area contributed by atoms with Crippen molar-refractivity contribution in [2.24, 2.45) is 0 Å². The zero-order chi connectivity index (χ0) is 25.3. The third-order valence-corrected chi connectivity index (χ3v) is 6.57. The number of benzene rings is 2. The second-order valence-electron chi connectivity index (χ2n) is 8.95. The summed E-state index contributed by atoms with van der Waals surface area (Å²) >= 11 is 0. The van der Waals surface area contributed by atoms with Crippen LogP contribution in [0.3, 0.4) is 0 Å². The van der Waals surface area contributed by atoms with Crippen LogP contribution in [0.1, 0.15) is 16.8 Å². The fourth-order valence-corrected chi connectivity index (χ4v) is 4.61. The summed E-state index contributed by atoms with van der Waals surface area (Å²) in [7, 11) is 3.13. The van der Waals surface area contributed by atoms with Gasteiger partial charge in [0, 0.05) is 44.8 Å². The van der Waals surface area contributed by atoms with Gasteiger partial charge >= 0.3 is 0 Å². The van der Waals surface area contributed by atoms with E-state index in [1.54, 1.807) is 32.4 Å². The van der Waals surface area contributed by atoms with Gasteiger partial charge in [-0.3, -0.25) is 14.5 Å². The van der Waals surface area contributed by atoms with Crippen molar-refractivity contribution in [3.8, 4) is 17.2 Å². The van der Waals surface area contributed by atoms with Gasteiger partial charge < -0.3 is 28.7 Å². The van der Waals surface area contributed by atoms with Crippen LogP contribution in [0.4, 0.5) is 0 Å². The molecule has 2 aromatic rings. The van der Waals surface area contributed by atoms with Gasteiger partial charge in [0.1, 0.15) is 5.75 Å². The molecule has 0 spiro atoms. The Morgan fingerprint density at radius 2 is 1.72 bits per heavy atom. The fourth-order valence-electron chi connectivity index (χ4n) is 4.61. The lowest BCUT2D eigenvalue weighted by molar-refractivity contribution is -0.133. The Hall–Kier alpha value is -3.30. The first-order chi connectivity index (χ1) is 17.6. The van der Waals surface area contributed by atoms with Crippen molar-refractivity contribution in [2.75, 3.05) is 73.2 Å². The Morgan fingerprint density at radius 3 is 2.50 bits per heavy atom. The Bertz CT molecular complexity index is 1020. The van der Waals surface area contributed by atoms with Crippen molar-refractivity contribution in [3.63, 3.8) is 0 Å². The number of carbonyl (C=O) groups is 2. The van der Waals surface area contributed by atoms with E-state index in [0.717, 1.165) is 26.1 Å². The third-order valence-electron chi connectivity index (χ3n) is 6.57. The number of rotatable bonds is 8. The highest BCUT2D eigenvalue weighted by atomic mass is 16.5. The molecule has 2 aliphatic rings. The first kappa shape index (κ1) is 25.8. The maximum absolute atomic E-state index is 13.1. The Labute approximate surface area is 212 Å². The lowest BCUT2D eigenvalue weighted by Gasteiger charge is -2.35. The number of hydrogen-bond donors (Lipinski definition) is 0. The first-order valence-electron chi connectivity index (χ1n) is 12.4. The number of ether oxygens (including phenoxy) is 4. The first-order valence-corrected chi connectivity index (χ1v) is 12.4. The summed E-state index contributed by atoms with van der Waals surface area (Å²) in [6.07, 6.45) is 0.810. The van der Waals surface area contributed by atoms with Crippen LogP contribution in [0.15, 0.2) is 48.5 Å². The van der Waals surface area contributed by atoms with Gasteiger partial charge in [0.05, 0.1) is 26.9 Å². The summed E-state index contributed by atoms with van der Waals surface area (Å²) < 4.78 is 22.3. The van der Waals surface area contributed by atoms with Gasteiger partial charge in [-0.05, 0) is 43.3 Å². The molecule has 1 atom stereocenters. The van der Waals surface area contributed by atoms with E-state index >= 15 is 0 Å². The highest BCUT2D eigenvalue weighted by Crippen LogP contribution is 2.28. The van der Waals surface area contributed by atoms with E-state index in [0.29, 0.717) is 55.6 Å². The van der Waals surface area contributed by atoms with Crippen LogP contribution >= 0.6 is 0 Å². The molecule has 1 unspecified atom stereocenters. The molecule has 9 heteroatoms. The second kappa shape index (κ2) is 12.6. The van der Waals surface area contributed by atoms with Gasteiger partial charge in [-0.25, -0.2) is 0 Å². The second-order valence-corrected chi connectivity index (χ2v) is 8.95. The summed E-state index contributed by atoms with van der Waals surface area (Å²) in [6.45, 7) is 5.35. The fraction of sp³-hybridized carbons (Fsp3) is 0.481. The van der Waals surface area contributed by atoms with Crippen LogP contribution in [-0.2, 0) is 9.53 Å². The number of morpholine rings is 1. The largest absolute Gasteiger partial charge is 0.493 e. The minimum absolute atomic E-state index is 0.00121. The van der Waals surface area contributed by atoms with Crippen molar-refractivity contribution in [1.29, 1.82) is 0 Å². The van der Waals surface area contributed by atoms with E-state index in [1.807, 2.05) is 40.1 Å². The highest BCUT2D eigenvalue weighted by molar-refractivity contribution is 5.95. The molecule has 0 bridgehead atoms. The van der Waals surface area contributed by atoms with Crippen LogP contribution in [0.25, 0.3) is 0 Å². The van der Waals surface area contributed by atoms with E-state index in [1.165, 1.54) is 0 Å². The van der Waals surface area contributed by atoms with Gasteiger partial charge in [0.15, 0.2) is 18.1 Å². The summed E-state index contributed by atoms with van der Waals surface area (Å²) in [6, 6.07) is 14.6. The number of hydrogen-bond acceptors (Lipinski definition) is 7. The van der Waals surface area contributed by atoms with E-state index in [9.17, 15) is 9.59 Å². The molecule has 2 heterocycles. The van der Waals surface area contributed by atoms with E-state index in [4.69, 9.17) is 18.9 Å². The maximum atomic E-state index is 13.1. The average Bonchev–Trinajstić information content (AvgIpc) is 3.17. The van der Waals surface area contributed by atoms with Crippen molar-refractivity contribution in [2.45, 2.75) is 12.5 Å². The van der Waals surface area contributed by atoms with Gasteiger partial charge in [-0.15, -0.1) is 0 Å². The van der Waals surface area contributed by atoms with Gasteiger partial charge in [0.2, 0.25) is 0 Å². The third kappa shape index (κ3) is 6.67. The maximum Gasteiger partial charge on any atom is 0.260 e. The zero-order valence-corrected chi connectivity index (χ0v) is 21.1. The number of nitrogens with zero attached hydrogens (tertiary/aromatic N) is 3. The summed E-state index contributed by atoms with van der Waals surface area (Å²) in [5, 5.41) is 0. The Kier molecular flexibility index (Phi) is 9.02. The quantitative estimate of drug-likeness (QED) is 0.553. The average molecular weight is 498 g/mol. The number of para-hydroxylation sites is 1. The molecule has 2 aliphatic heterocycles. The van der Waals surface area contributed by atoms with Crippen molar-refractivity contribution < 1.29 is 28.5 Å². The lowest BCUT2D eigenvalue weighted by atomic mass is 10.1. The van der Waals surface area contributed by atoms with E-state index < -0.39 is 0 Å². The molecule has 2 amide bonds. The SMILES string of the molecule is COc1ccc(C(=O)N2CCOC(CN3CCCN(C(=O)COc4ccccc4)CC3)C2)cc1OC. The van der Waals surface area contributed by atoms with Crippen molar-refractivity contribution >= 4 is 11.8 Å². The lowest BCUT2D eigenvalue weighted by Crippen LogP contribution is -2.50. The standard InChI is InChI=1S/C27H35N3O6/c1-33-24-10-9-21(17-25(24)34-2)27(32)30-15-16-35-23(19-30)18-28-11-6-12-29(14-13-28)26(31)20-36-22-7-4-3-5-8-22/h3-5,7-10,17,23H,6,11-16,18-20H2,1-2H3. The van der Waals surface area contributed by atoms with E-state index in [2.05, 4.69) is 4.90 Å². The topological polar surface area (TPSA) is 80.8 Å². The normalized spacial score (nSPS) is 18.9. The molecule has 4 rings (SSSR count). The van der Waals surface area contributed by atoms with E-state index in [-0.39, 0.29) is 24.5 Å². The Morgan fingerprint density at radius 1 is 0.917 bits per heavy atom. The van der Waals surface area contributed by atoms with Gasteiger partial charge in [-0.1, -0.05) is 18.2 Å². The number of methoxy groups -OCH3 is 2. The molecule has 0 N–H and O–H groups in total. The molecule has 9 nitrogen and oxygen atoms in total. The molecule has 0 aromatic heterocycles. The zero-order valence-electron chi connectivity index (χ0n) is 21.1. The summed E-state index contributed by atoms with van der Waals surface area (Å²) in [5.41, 5.74) is 0.565. The minimum Gasteiger partial charge on any atom is -0.493 e. The Balaban J connectivity index is 1.26. The molecule has 0 radical (unpaired) electrons. The molecule has 2 fully saturated rings. The number of carbonyl (C=O) groups excluding carboxylic acids is 2. The van der Waals surface area contributed by atoms with Crippen LogP contribution < -0.4 is 14.2 Å². The molecule has 2 saturated heterocycles. The van der Waals surface area contributed by atoms with Crippen molar-refractivity contribution in [1.82, 2.24) is 14.7 Å². The highest BCUT2D eigenvalue weighted by Gasteiger charge is 2.28. The molecule has 0 aliphatic carbocycles. The summed E-state index contributed by atoms with van der Waals surface area (Å²) in [5.74, 6) is 1.78. The monoisotopic (exact) mass is 497 g/mol. The van der Waals surface area contributed by atoms with Crippen LogP contribution in [0.5, 0.6) is 17.2 Å². The minimum atomic E-state index is -0.0773. The van der Waals surface area contributed by atoms with Crippen LogP contribution in [-0.4, -0.2) is 106 Å². The van der Waals surface area contributed by atoms with Crippen LogP contribution in [0, 0.1) is 0 Å². The molecule has 0 saturated carbocycles. The van der Waals surface area contributed by atoms with Crippen LogP contribution in [0.2, 0.25) is 0 Å². The predicted molar refractivity (Wildman–Crippen MR) is 135 cm³/mol. The van der Waals surface area contributed by atoms with Crippen molar-refractivity contribution in [3.05, 3.63) is 54.1 Å². The number of amides is 2. The van der Waals surface area contributed by atoms with Gasteiger partial charge in [0.25, 0.3) is 11.8 Å².